The van der Waals surface area contributed by atoms with Crippen molar-refractivity contribution in [3.05, 3.63) is 35.9 Å². The molecule has 0 aliphatic carbocycles. The van der Waals surface area contributed by atoms with Gasteiger partial charge in [-0.2, -0.15) is 0 Å². The zero-order valence-corrected chi connectivity index (χ0v) is 14.0. The molecule has 122 valence electrons. The fourth-order valence-corrected chi connectivity index (χ4v) is 3.03. The minimum absolute atomic E-state index is 0.0709. The predicted molar refractivity (Wildman–Crippen MR) is 90.3 cm³/mol. The molecular weight excluding hydrogens is 274 g/mol. The Morgan fingerprint density at radius 2 is 2.05 bits per heavy atom. The van der Waals surface area contributed by atoms with Gasteiger partial charge >= 0.3 is 0 Å². The van der Waals surface area contributed by atoms with Crippen LogP contribution in [0, 0.1) is 5.92 Å². The summed E-state index contributed by atoms with van der Waals surface area (Å²) in [5, 5.41) is 0. The van der Waals surface area contributed by atoms with Gasteiger partial charge in [0.05, 0.1) is 6.04 Å². The van der Waals surface area contributed by atoms with Crippen LogP contribution in [0.1, 0.15) is 32.3 Å². The van der Waals surface area contributed by atoms with Crippen LogP contribution in [0.15, 0.2) is 30.3 Å². The molecule has 1 heterocycles. The Morgan fingerprint density at radius 1 is 1.36 bits per heavy atom. The van der Waals surface area contributed by atoms with Crippen molar-refractivity contribution in [1.82, 2.24) is 9.80 Å². The Kier molecular flexibility index (Phi) is 5.98. The third-order valence-electron chi connectivity index (χ3n) is 4.63. The largest absolute Gasteiger partial charge is 0.340 e. The highest BCUT2D eigenvalue weighted by molar-refractivity contribution is 5.82. The quantitative estimate of drug-likeness (QED) is 0.906. The van der Waals surface area contributed by atoms with Crippen molar-refractivity contribution in [2.45, 2.75) is 45.3 Å². The van der Waals surface area contributed by atoms with Crippen molar-refractivity contribution in [2.75, 3.05) is 20.1 Å². The van der Waals surface area contributed by atoms with Crippen LogP contribution in [0.25, 0.3) is 0 Å². The van der Waals surface area contributed by atoms with E-state index in [4.69, 9.17) is 5.73 Å². The Hall–Kier alpha value is -1.39. The minimum Gasteiger partial charge on any atom is -0.340 e. The summed E-state index contributed by atoms with van der Waals surface area (Å²) in [5.41, 5.74) is 7.35. The second-order valence-electron chi connectivity index (χ2n) is 6.74. The first-order valence-corrected chi connectivity index (χ1v) is 8.27. The van der Waals surface area contributed by atoms with Crippen LogP contribution in [0.5, 0.6) is 0 Å². The second kappa shape index (κ2) is 7.75. The summed E-state index contributed by atoms with van der Waals surface area (Å²) in [5.74, 6) is 0.250. The van der Waals surface area contributed by atoms with E-state index in [0.29, 0.717) is 0 Å². The number of carbonyl (C=O) groups is 1. The molecule has 4 nitrogen and oxygen atoms in total. The van der Waals surface area contributed by atoms with Gasteiger partial charge in [-0.1, -0.05) is 44.2 Å². The number of nitrogens with zero attached hydrogens (tertiary/aromatic N) is 2. The van der Waals surface area contributed by atoms with E-state index in [1.165, 1.54) is 5.56 Å². The van der Waals surface area contributed by atoms with Gasteiger partial charge in [0.25, 0.3) is 0 Å². The van der Waals surface area contributed by atoms with Crippen molar-refractivity contribution in [2.24, 2.45) is 11.7 Å². The topological polar surface area (TPSA) is 49.6 Å². The van der Waals surface area contributed by atoms with Crippen LogP contribution in [0.3, 0.4) is 0 Å². The van der Waals surface area contributed by atoms with Gasteiger partial charge in [0.15, 0.2) is 0 Å². The zero-order valence-electron chi connectivity index (χ0n) is 14.0. The summed E-state index contributed by atoms with van der Waals surface area (Å²) in [6.45, 7) is 6.99. The van der Waals surface area contributed by atoms with Gasteiger partial charge in [-0.15, -0.1) is 0 Å². The Bertz CT molecular complexity index is 474. The molecule has 0 bridgehead atoms. The minimum atomic E-state index is -0.394. The van der Waals surface area contributed by atoms with E-state index in [0.717, 1.165) is 32.5 Å². The first-order valence-electron chi connectivity index (χ1n) is 8.27. The van der Waals surface area contributed by atoms with Gasteiger partial charge in [0.2, 0.25) is 5.91 Å². The fraction of sp³-hybridized carbons (Fsp3) is 0.611. The first kappa shape index (κ1) is 17.0. The van der Waals surface area contributed by atoms with Crippen LogP contribution in [0.4, 0.5) is 0 Å². The number of amides is 1. The number of hydrogen-bond acceptors (Lipinski definition) is 3. The molecule has 1 aromatic carbocycles. The summed E-state index contributed by atoms with van der Waals surface area (Å²) in [7, 11) is 1.90. The van der Waals surface area contributed by atoms with Gasteiger partial charge in [0.1, 0.15) is 0 Å². The van der Waals surface area contributed by atoms with E-state index in [1.54, 1.807) is 0 Å². The maximum absolute atomic E-state index is 12.4. The molecule has 0 saturated carbocycles. The Labute approximate surface area is 134 Å². The van der Waals surface area contributed by atoms with E-state index >= 15 is 0 Å². The molecule has 1 unspecified atom stereocenters. The highest BCUT2D eigenvalue weighted by Gasteiger charge is 2.29. The van der Waals surface area contributed by atoms with Crippen LogP contribution >= 0.6 is 0 Å². The lowest BCUT2D eigenvalue weighted by atomic mass is 10.00. The number of nitrogens with two attached hydrogens (primary N) is 1. The molecule has 22 heavy (non-hydrogen) atoms. The lowest BCUT2D eigenvalue weighted by molar-refractivity contribution is -0.135. The molecule has 2 atom stereocenters. The second-order valence-corrected chi connectivity index (χ2v) is 6.74. The predicted octanol–water partition coefficient (Wildman–Crippen LogP) is 2.09. The van der Waals surface area contributed by atoms with Crippen LogP contribution in [-0.4, -0.2) is 47.9 Å². The standard InChI is InChI=1S/C18H29N3O/c1-14(2)17(19)18(22)20(3)16-10-7-11-21(13-16)12-15-8-5-4-6-9-15/h4-6,8-9,14,16-17H,7,10-13,19H2,1-3H3/t16-,17?/m0/s1. The molecule has 0 radical (unpaired) electrons. The van der Waals surface area contributed by atoms with E-state index in [-0.39, 0.29) is 17.9 Å². The summed E-state index contributed by atoms with van der Waals surface area (Å²) in [6.07, 6.45) is 2.20. The number of benzene rings is 1. The maximum atomic E-state index is 12.4. The van der Waals surface area contributed by atoms with E-state index in [2.05, 4.69) is 29.2 Å². The number of piperidine rings is 1. The van der Waals surface area contributed by atoms with Crippen molar-refractivity contribution < 1.29 is 4.79 Å². The van der Waals surface area contributed by atoms with E-state index < -0.39 is 6.04 Å². The van der Waals surface area contributed by atoms with Crippen molar-refractivity contribution in [3.63, 3.8) is 0 Å². The van der Waals surface area contributed by atoms with Gasteiger partial charge in [0, 0.05) is 26.2 Å². The Morgan fingerprint density at radius 3 is 2.68 bits per heavy atom. The highest BCUT2D eigenvalue weighted by atomic mass is 16.2. The first-order chi connectivity index (χ1) is 10.5. The molecular formula is C18H29N3O. The molecule has 2 rings (SSSR count). The zero-order chi connectivity index (χ0) is 16.1. The molecule has 1 aliphatic heterocycles. The molecule has 1 saturated heterocycles. The summed E-state index contributed by atoms with van der Waals surface area (Å²) in [4.78, 5) is 16.7. The number of hydrogen-bond donors (Lipinski definition) is 1. The lowest BCUT2D eigenvalue weighted by Crippen LogP contribution is -2.53. The van der Waals surface area contributed by atoms with E-state index in [9.17, 15) is 4.79 Å². The third-order valence-corrected chi connectivity index (χ3v) is 4.63. The molecule has 2 N–H and O–H groups in total. The molecule has 1 aliphatic rings. The molecule has 0 aromatic heterocycles. The summed E-state index contributed by atoms with van der Waals surface area (Å²) in [6, 6.07) is 10.4. The van der Waals surface area contributed by atoms with Crippen LogP contribution < -0.4 is 5.73 Å². The monoisotopic (exact) mass is 303 g/mol. The lowest BCUT2D eigenvalue weighted by Gasteiger charge is -2.39. The molecule has 1 fully saturated rings. The van der Waals surface area contributed by atoms with Crippen molar-refractivity contribution >= 4 is 5.91 Å². The molecule has 0 spiro atoms. The maximum Gasteiger partial charge on any atom is 0.239 e. The average molecular weight is 303 g/mol. The van der Waals surface area contributed by atoms with Crippen LogP contribution in [-0.2, 0) is 11.3 Å². The van der Waals surface area contributed by atoms with Gasteiger partial charge in [-0.05, 0) is 30.9 Å². The number of likely N-dealkylation sites (N-methyl/N-ethyl adjacent to an activating group) is 1. The number of likely N-dealkylation sites (tertiary alicyclic amines) is 1. The molecule has 1 aromatic rings. The van der Waals surface area contributed by atoms with E-state index in [1.807, 2.05) is 31.9 Å². The number of rotatable bonds is 5. The smallest absolute Gasteiger partial charge is 0.239 e. The van der Waals surface area contributed by atoms with Gasteiger partial charge < -0.3 is 10.6 Å². The number of carbonyl (C=O) groups excluding carboxylic acids is 1. The summed E-state index contributed by atoms with van der Waals surface area (Å²) < 4.78 is 0. The third kappa shape index (κ3) is 4.31. The normalized spacial score (nSPS) is 20.9. The van der Waals surface area contributed by atoms with Gasteiger partial charge in [-0.3, -0.25) is 9.69 Å². The highest BCUT2D eigenvalue weighted by Crippen LogP contribution is 2.18. The van der Waals surface area contributed by atoms with Gasteiger partial charge in [-0.25, -0.2) is 0 Å². The molecule has 1 amide bonds. The van der Waals surface area contributed by atoms with Crippen molar-refractivity contribution in [3.8, 4) is 0 Å². The summed E-state index contributed by atoms with van der Waals surface area (Å²) >= 11 is 0. The van der Waals surface area contributed by atoms with Crippen LogP contribution in [0.2, 0.25) is 0 Å². The van der Waals surface area contributed by atoms with Crippen molar-refractivity contribution in [1.29, 1.82) is 0 Å². The fourth-order valence-electron chi connectivity index (χ4n) is 3.03. The molecule has 4 heteroatoms. The Balaban J connectivity index is 1.94. The average Bonchev–Trinajstić information content (AvgIpc) is 2.54. The SMILES string of the molecule is CC(C)C(N)C(=O)N(C)[C@H]1CCCN(Cc2ccccc2)C1.